The summed E-state index contributed by atoms with van der Waals surface area (Å²) in [6.07, 6.45) is 1.54. The van der Waals surface area contributed by atoms with Crippen molar-refractivity contribution in [2.45, 2.75) is 11.4 Å². The molecule has 0 saturated carbocycles. The number of hydrogen-bond acceptors (Lipinski definition) is 4. The van der Waals surface area contributed by atoms with Gasteiger partial charge in [0.05, 0.1) is 10.4 Å². The van der Waals surface area contributed by atoms with Crippen molar-refractivity contribution in [1.82, 2.24) is 20.0 Å². The van der Waals surface area contributed by atoms with Crippen LogP contribution in [-0.4, -0.2) is 31.3 Å². The van der Waals surface area contributed by atoms with Crippen LogP contribution in [0.15, 0.2) is 65.7 Å². The predicted octanol–water partition coefficient (Wildman–Crippen LogP) is 2.55. The SMILES string of the molecule is CNC(=O)c1nccc2c1[nH]c1ccc(S(=O)(=O)NCc3ccccc3)cc12. The molecule has 4 rings (SSSR count). The molecule has 3 N–H and O–H groups in total. The molecule has 7 nitrogen and oxygen atoms in total. The average Bonchev–Trinajstić information content (AvgIpc) is 3.10. The van der Waals surface area contributed by atoms with Crippen molar-refractivity contribution >= 4 is 37.7 Å². The molecule has 0 atom stereocenters. The van der Waals surface area contributed by atoms with Gasteiger partial charge in [0, 0.05) is 36.1 Å². The Morgan fingerprint density at radius 2 is 1.86 bits per heavy atom. The maximum absolute atomic E-state index is 12.7. The lowest BCUT2D eigenvalue weighted by Gasteiger charge is -2.07. The Labute approximate surface area is 161 Å². The van der Waals surface area contributed by atoms with E-state index in [1.807, 2.05) is 30.3 Å². The Morgan fingerprint density at radius 1 is 1.07 bits per heavy atom. The third-order valence-electron chi connectivity index (χ3n) is 4.55. The van der Waals surface area contributed by atoms with E-state index < -0.39 is 10.0 Å². The molecule has 0 saturated heterocycles. The van der Waals surface area contributed by atoms with E-state index in [0.717, 1.165) is 16.5 Å². The highest BCUT2D eigenvalue weighted by atomic mass is 32.2. The van der Waals surface area contributed by atoms with E-state index in [9.17, 15) is 13.2 Å². The maximum Gasteiger partial charge on any atom is 0.271 e. The number of hydrogen-bond donors (Lipinski definition) is 3. The number of aromatic nitrogens is 2. The van der Waals surface area contributed by atoms with Gasteiger partial charge < -0.3 is 10.3 Å². The van der Waals surface area contributed by atoms with Crippen LogP contribution in [0.5, 0.6) is 0 Å². The highest BCUT2D eigenvalue weighted by Crippen LogP contribution is 2.28. The van der Waals surface area contributed by atoms with E-state index in [1.54, 1.807) is 18.2 Å². The second-order valence-electron chi connectivity index (χ2n) is 6.30. The molecule has 0 bridgehead atoms. The van der Waals surface area contributed by atoms with Gasteiger partial charge in [-0.2, -0.15) is 0 Å². The maximum atomic E-state index is 12.7. The first-order chi connectivity index (χ1) is 13.5. The molecule has 0 radical (unpaired) electrons. The van der Waals surface area contributed by atoms with Crippen molar-refractivity contribution < 1.29 is 13.2 Å². The molecule has 2 aromatic heterocycles. The van der Waals surface area contributed by atoms with Gasteiger partial charge in [-0.1, -0.05) is 30.3 Å². The van der Waals surface area contributed by atoms with Crippen LogP contribution >= 0.6 is 0 Å². The molecule has 28 heavy (non-hydrogen) atoms. The van der Waals surface area contributed by atoms with Gasteiger partial charge in [0.15, 0.2) is 5.69 Å². The molecule has 2 aromatic carbocycles. The Balaban J connectivity index is 1.74. The van der Waals surface area contributed by atoms with Gasteiger partial charge in [-0.3, -0.25) is 4.79 Å². The number of benzene rings is 2. The van der Waals surface area contributed by atoms with Crippen LogP contribution in [0.4, 0.5) is 0 Å². The Hall–Kier alpha value is -3.23. The quantitative estimate of drug-likeness (QED) is 0.484. The number of H-pyrrole nitrogens is 1. The van der Waals surface area contributed by atoms with E-state index in [-0.39, 0.29) is 23.0 Å². The van der Waals surface area contributed by atoms with E-state index in [2.05, 4.69) is 20.0 Å². The molecule has 4 aromatic rings. The topological polar surface area (TPSA) is 104 Å². The summed E-state index contributed by atoms with van der Waals surface area (Å²) >= 11 is 0. The first-order valence-corrected chi connectivity index (χ1v) is 10.1. The predicted molar refractivity (Wildman–Crippen MR) is 107 cm³/mol. The van der Waals surface area contributed by atoms with Gasteiger partial charge >= 0.3 is 0 Å². The van der Waals surface area contributed by atoms with Gasteiger partial charge in [0.1, 0.15) is 0 Å². The van der Waals surface area contributed by atoms with Crippen LogP contribution in [0.25, 0.3) is 21.8 Å². The van der Waals surface area contributed by atoms with Gasteiger partial charge in [-0.25, -0.2) is 18.1 Å². The minimum atomic E-state index is -3.69. The molecule has 8 heteroatoms. The minimum Gasteiger partial charge on any atom is -0.354 e. The van der Waals surface area contributed by atoms with Crippen LogP contribution < -0.4 is 10.0 Å². The van der Waals surface area contributed by atoms with Gasteiger partial charge in [-0.05, 0) is 29.8 Å². The standard InChI is InChI=1S/C20H18N4O3S/c1-21-20(25)19-18-15(9-10-22-19)16-11-14(7-8-17(16)24-18)28(26,27)23-12-13-5-3-2-4-6-13/h2-11,23-24H,12H2,1H3,(H,21,25). The molecule has 0 fully saturated rings. The van der Waals surface area contributed by atoms with Gasteiger partial charge in [-0.15, -0.1) is 0 Å². The van der Waals surface area contributed by atoms with Crippen LogP contribution in [0.1, 0.15) is 16.1 Å². The zero-order valence-corrected chi connectivity index (χ0v) is 15.9. The Kier molecular flexibility index (Phi) is 4.58. The van der Waals surface area contributed by atoms with Crippen LogP contribution in [0, 0.1) is 0 Å². The smallest absolute Gasteiger partial charge is 0.271 e. The number of aromatic amines is 1. The number of rotatable bonds is 5. The summed E-state index contributed by atoms with van der Waals surface area (Å²) in [5, 5.41) is 4.01. The molecule has 142 valence electrons. The van der Waals surface area contributed by atoms with Crippen molar-refractivity contribution in [3.63, 3.8) is 0 Å². The van der Waals surface area contributed by atoms with E-state index in [4.69, 9.17) is 0 Å². The Morgan fingerprint density at radius 3 is 2.61 bits per heavy atom. The lowest BCUT2D eigenvalue weighted by Crippen LogP contribution is -2.23. The number of sulfonamides is 1. The largest absolute Gasteiger partial charge is 0.354 e. The number of nitrogens with one attached hydrogen (secondary N) is 3. The summed E-state index contributed by atoms with van der Waals surface area (Å²) < 4.78 is 28.1. The number of nitrogens with zero attached hydrogens (tertiary/aromatic N) is 1. The molecule has 0 aliphatic rings. The number of carbonyl (C=O) groups excluding carboxylic acids is 1. The molecule has 0 unspecified atom stereocenters. The third kappa shape index (κ3) is 3.23. The number of carbonyl (C=O) groups is 1. The lowest BCUT2D eigenvalue weighted by atomic mass is 10.1. The molecular formula is C20H18N4O3S. The number of pyridine rings is 1. The zero-order valence-electron chi connectivity index (χ0n) is 15.1. The lowest BCUT2D eigenvalue weighted by molar-refractivity contribution is 0.0960. The molecular weight excluding hydrogens is 376 g/mol. The van der Waals surface area contributed by atoms with Gasteiger partial charge in [0.2, 0.25) is 10.0 Å². The fraction of sp³-hybridized carbons (Fsp3) is 0.100. The highest BCUT2D eigenvalue weighted by Gasteiger charge is 2.18. The average molecular weight is 394 g/mol. The molecule has 0 aliphatic carbocycles. The third-order valence-corrected chi connectivity index (χ3v) is 5.95. The second kappa shape index (κ2) is 7.06. The van der Waals surface area contributed by atoms with Crippen molar-refractivity contribution in [2.24, 2.45) is 0 Å². The summed E-state index contributed by atoms with van der Waals surface area (Å²) in [6, 6.07) is 15.9. The van der Waals surface area contributed by atoms with E-state index in [0.29, 0.717) is 10.9 Å². The van der Waals surface area contributed by atoms with Crippen LogP contribution in [0.2, 0.25) is 0 Å². The molecule has 0 spiro atoms. The number of fused-ring (bicyclic) bond motifs is 3. The summed E-state index contributed by atoms with van der Waals surface area (Å²) in [5.74, 6) is -0.311. The van der Waals surface area contributed by atoms with Gasteiger partial charge in [0.25, 0.3) is 5.91 Å². The summed E-state index contributed by atoms with van der Waals surface area (Å²) in [6.45, 7) is 0.208. The fourth-order valence-corrected chi connectivity index (χ4v) is 4.16. The summed E-state index contributed by atoms with van der Waals surface area (Å²) in [4.78, 5) is 19.5. The van der Waals surface area contributed by atoms with Crippen molar-refractivity contribution in [3.05, 3.63) is 72.1 Å². The molecule has 0 aliphatic heterocycles. The van der Waals surface area contributed by atoms with Crippen molar-refractivity contribution in [3.8, 4) is 0 Å². The van der Waals surface area contributed by atoms with Crippen LogP contribution in [0.3, 0.4) is 0 Å². The van der Waals surface area contributed by atoms with Crippen LogP contribution in [-0.2, 0) is 16.6 Å². The first kappa shape index (κ1) is 18.1. The minimum absolute atomic E-state index is 0.162. The second-order valence-corrected chi connectivity index (χ2v) is 8.07. The molecule has 2 heterocycles. The highest BCUT2D eigenvalue weighted by molar-refractivity contribution is 7.89. The number of amides is 1. The van der Waals surface area contributed by atoms with E-state index in [1.165, 1.54) is 19.3 Å². The normalized spacial score (nSPS) is 11.8. The zero-order chi connectivity index (χ0) is 19.7. The molecule has 1 amide bonds. The van der Waals surface area contributed by atoms with Crippen molar-refractivity contribution in [1.29, 1.82) is 0 Å². The summed E-state index contributed by atoms with van der Waals surface area (Å²) in [7, 11) is -2.15. The van der Waals surface area contributed by atoms with Crippen molar-refractivity contribution in [2.75, 3.05) is 7.05 Å². The monoisotopic (exact) mass is 394 g/mol. The fourth-order valence-electron chi connectivity index (χ4n) is 3.12. The van der Waals surface area contributed by atoms with E-state index >= 15 is 0 Å². The summed E-state index contributed by atoms with van der Waals surface area (Å²) in [5.41, 5.74) is 2.45. The Bertz CT molecular complexity index is 1280. The first-order valence-electron chi connectivity index (χ1n) is 8.66.